The smallest absolute Gasteiger partial charge is 0.336 e. The van der Waals surface area contributed by atoms with Crippen LogP contribution in [0.4, 0.5) is 10.2 Å². The Balaban J connectivity index is 2.21. The molecule has 0 radical (unpaired) electrons. The molecule has 1 aliphatic rings. The number of allylic oxidation sites excluding steroid dienone is 1. The van der Waals surface area contributed by atoms with E-state index in [0.29, 0.717) is 28.0 Å². The van der Waals surface area contributed by atoms with Crippen molar-refractivity contribution in [2.24, 2.45) is 0 Å². The Hall–Kier alpha value is -2.87. The van der Waals surface area contributed by atoms with Crippen LogP contribution in [0, 0.1) is 5.82 Å². The van der Waals surface area contributed by atoms with Gasteiger partial charge in [0.2, 0.25) is 0 Å². The summed E-state index contributed by atoms with van der Waals surface area (Å²) < 4.78 is 18.3. The summed E-state index contributed by atoms with van der Waals surface area (Å²) in [5.74, 6) is -0.736. The zero-order chi connectivity index (χ0) is 19.6. The highest BCUT2D eigenvalue weighted by Crippen LogP contribution is 2.40. The number of benzene rings is 1. The minimum absolute atomic E-state index is 0.287. The molecular weight excluding hydrogens is 369 g/mol. The number of ether oxygens (including phenoxy) is 1. The first-order valence-electron chi connectivity index (χ1n) is 8.15. The van der Waals surface area contributed by atoms with Gasteiger partial charge in [-0.1, -0.05) is 30.0 Å². The van der Waals surface area contributed by atoms with Crippen LogP contribution in [-0.4, -0.2) is 28.8 Å². The minimum atomic E-state index is -0.719. The van der Waals surface area contributed by atoms with Gasteiger partial charge < -0.3 is 15.0 Å². The van der Waals surface area contributed by atoms with Crippen LogP contribution in [0.1, 0.15) is 24.0 Å². The standard InChI is InChI=1S/C19H18FN3O3S/c1-4-9-27-19-22-16-15(17(24)23-19)14(11-5-7-12(20)8-6-11)13(10(2)21-16)18(25)26-3/h4-8,14H,1,9H2,2-3H3,(H2,21,22,23,24). The average Bonchev–Trinajstić information content (AvgIpc) is 2.65. The zero-order valence-corrected chi connectivity index (χ0v) is 15.7. The van der Waals surface area contributed by atoms with Gasteiger partial charge in [0.25, 0.3) is 5.56 Å². The molecule has 8 heteroatoms. The maximum atomic E-state index is 13.4. The van der Waals surface area contributed by atoms with Crippen LogP contribution in [0.5, 0.6) is 0 Å². The van der Waals surface area contributed by atoms with Gasteiger partial charge in [-0.2, -0.15) is 0 Å². The summed E-state index contributed by atoms with van der Waals surface area (Å²) in [6.07, 6.45) is 1.71. The number of methoxy groups -OCH3 is 1. The summed E-state index contributed by atoms with van der Waals surface area (Å²) in [6, 6.07) is 5.67. The van der Waals surface area contributed by atoms with Crippen LogP contribution in [0.2, 0.25) is 0 Å². The summed E-state index contributed by atoms with van der Waals surface area (Å²) in [6.45, 7) is 5.36. The fraction of sp³-hybridized carbons (Fsp3) is 0.211. The van der Waals surface area contributed by atoms with Crippen molar-refractivity contribution in [1.29, 1.82) is 0 Å². The number of H-pyrrole nitrogens is 1. The molecule has 3 rings (SSSR count). The van der Waals surface area contributed by atoms with Gasteiger partial charge in [0, 0.05) is 11.4 Å². The van der Waals surface area contributed by atoms with Crippen molar-refractivity contribution in [2.45, 2.75) is 18.0 Å². The minimum Gasteiger partial charge on any atom is -0.466 e. The van der Waals surface area contributed by atoms with E-state index in [1.165, 1.54) is 31.0 Å². The molecule has 1 aromatic heterocycles. The van der Waals surface area contributed by atoms with Crippen molar-refractivity contribution in [3.63, 3.8) is 0 Å². The van der Waals surface area contributed by atoms with Crippen molar-refractivity contribution in [1.82, 2.24) is 9.97 Å². The Morgan fingerprint density at radius 2 is 2.11 bits per heavy atom. The van der Waals surface area contributed by atoms with E-state index in [2.05, 4.69) is 21.9 Å². The van der Waals surface area contributed by atoms with Gasteiger partial charge >= 0.3 is 5.97 Å². The Bertz CT molecular complexity index is 983. The van der Waals surface area contributed by atoms with E-state index in [0.717, 1.165) is 0 Å². The van der Waals surface area contributed by atoms with E-state index in [-0.39, 0.29) is 16.7 Å². The second-order valence-corrected chi connectivity index (χ2v) is 6.88. The topological polar surface area (TPSA) is 84.1 Å². The molecule has 0 bridgehead atoms. The van der Waals surface area contributed by atoms with Gasteiger partial charge in [-0.05, 0) is 24.6 Å². The van der Waals surface area contributed by atoms with Crippen LogP contribution < -0.4 is 10.9 Å². The molecule has 140 valence electrons. The molecule has 0 saturated carbocycles. The Morgan fingerprint density at radius 1 is 1.41 bits per heavy atom. The SMILES string of the molecule is C=CCSc1nc2c(c(=O)[nH]1)C(c1ccc(F)cc1)C(C(=O)OC)=C(C)N2. The fourth-order valence-corrected chi connectivity index (χ4v) is 3.60. The predicted octanol–water partition coefficient (Wildman–Crippen LogP) is 3.19. The number of carbonyl (C=O) groups is 1. The maximum absolute atomic E-state index is 13.4. The highest BCUT2D eigenvalue weighted by atomic mass is 32.2. The zero-order valence-electron chi connectivity index (χ0n) is 14.8. The highest BCUT2D eigenvalue weighted by Gasteiger charge is 2.36. The molecule has 0 fully saturated rings. The molecule has 1 aliphatic heterocycles. The third kappa shape index (κ3) is 3.66. The summed E-state index contributed by atoms with van der Waals surface area (Å²) >= 11 is 1.34. The Kier molecular flexibility index (Phi) is 5.46. The fourth-order valence-electron chi connectivity index (χ4n) is 3.01. The monoisotopic (exact) mass is 387 g/mol. The lowest BCUT2D eigenvalue weighted by atomic mass is 9.82. The van der Waals surface area contributed by atoms with Crippen LogP contribution >= 0.6 is 11.8 Å². The maximum Gasteiger partial charge on any atom is 0.336 e. The van der Waals surface area contributed by atoms with E-state index in [1.54, 1.807) is 25.1 Å². The third-order valence-corrected chi connectivity index (χ3v) is 5.04. The van der Waals surface area contributed by atoms with Crippen LogP contribution in [0.15, 0.2) is 58.1 Å². The van der Waals surface area contributed by atoms with Crippen LogP contribution in [0.25, 0.3) is 0 Å². The van der Waals surface area contributed by atoms with Gasteiger partial charge in [0.1, 0.15) is 11.6 Å². The molecular formula is C19H18FN3O3S. The molecule has 1 aromatic carbocycles. The number of thioether (sulfide) groups is 1. The summed E-state index contributed by atoms with van der Waals surface area (Å²) in [4.78, 5) is 32.4. The molecule has 1 atom stereocenters. The van der Waals surface area contributed by atoms with Gasteiger partial charge in [0.15, 0.2) is 5.16 Å². The summed E-state index contributed by atoms with van der Waals surface area (Å²) in [7, 11) is 1.28. The second kappa shape index (κ2) is 7.79. The molecule has 2 heterocycles. The van der Waals surface area contributed by atoms with E-state index in [4.69, 9.17) is 4.74 Å². The largest absolute Gasteiger partial charge is 0.466 e. The van der Waals surface area contributed by atoms with Crippen molar-refractivity contribution in [3.8, 4) is 0 Å². The molecule has 2 aromatic rings. The average molecular weight is 387 g/mol. The molecule has 0 amide bonds. The lowest BCUT2D eigenvalue weighted by Gasteiger charge is -2.28. The molecule has 2 N–H and O–H groups in total. The normalized spacial score (nSPS) is 15.7. The number of hydrogen-bond acceptors (Lipinski definition) is 6. The van der Waals surface area contributed by atoms with Crippen LogP contribution in [0.3, 0.4) is 0 Å². The van der Waals surface area contributed by atoms with Gasteiger partial charge in [-0.15, -0.1) is 6.58 Å². The summed E-state index contributed by atoms with van der Waals surface area (Å²) in [5, 5.41) is 3.47. The second-order valence-electron chi connectivity index (χ2n) is 5.87. The molecule has 6 nitrogen and oxygen atoms in total. The molecule has 0 aliphatic carbocycles. The van der Waals surface area contributed by atoms with Gasteiger partial charge in [-0.25, -0.2) is 14.2 Å². The van der Waals surface area contributed by atoms with Gasteiger partial charge in [0.05, 0.1) is 24.2 Å². The van der Waals surface area contributed by atoms with Gasteiger partial charge in [-0.3, -0.25) is 4.79 Å². The lowest BCUT2D eigenvalue weighted by Crippen LogP contribution is -2.31. The number of fused-ring (bicyclic) bond motifs is 1. The highest BCUT2D eigenvalue weighted by molar-refractivity contribution is 7.99. The molecule has 27 heavy (non-hydrogen) atoms. The van der Waals surface area contributed by atoms with Crippen molar-refractivity contribution in [3.05, 3.63) is 75.5 Å². The molecule has 1 unspecified atom stereocenters. The number of nitrogens with one attached hydrogen (secondary N) is 2. The van der Waals surface area contributed by atoms with Crippen molar-refractivity contribution in [2.75, 3.05) is 18.2 Å². The lowest BCUT2D eigenvalue weighted by molar-refractivity contribution is -0.136. The van der Waals surface area contributed by atoms with E-state index < -0.39 is 17.7 Å². The number of aromatic nitrogens is 2. The summed E-state index contributed by atoms with van der Waals surface area (Å²) in [5.41, 5.74) is 1.33. The number of carbonyl (C=O) groups excluding carboxylic acids is 1. The number of anilines is 1. The molecule has 0 saturated heterocycles. The number of halogens is 1. The number of nitrogens with zero attached hydrogens (tertiary/aromatic N) is 1. The van der Waals surface area contributed by atoms with E-state index in [1.807, 2.05) is 0 Å². The van der Waals surface area contributed by atoms with Crippen molar-refractivity contribution < 1.29 is 13.9 Å². The number of rotatable bonds is 5. The van der Waals surface area contributed by atoms with Crippen LogP contribution in [-0.2, 0) is 9.53 Å². The number of aromatic amines is 1. The third-order valence-electron chi connectivity index (χ3n) is 4.17. The first-order chi connectivity index (χ1) is 13.0. The predicted molar refractivity (Wildman–Crippen MR) is 102 cm³/mol. The first-order valence-corrected chi connectivity index (χ1v) is 9.14. The Morgan fingerprint density at radius 3 is 2.74 bits per heavy atom. The number of hydrogen-bond donors (Lipinski definition) is 2. The quantitative estimate of drug-likeness (QED) is 0.355. The first kappa shape index (κ1) is 18.9. The number of esters is 1. The van der Waals surface area contributed by atoms with E-state index >= 15 is 0 Å². The Labute approximate surface area is 159 Å². The van der Waals surface area contributed by atoms with E-state index in [9.17, 15) is 14.0 Å². The van der Waals surface area contributed by atoms with Crippen molar-refractivity contribution >= 4 is 23.5 Å². The molecule has 0 spiro atoms.